The van der Waals surface area contributed by atoms with Crippen molar-refractivity contribution in [3.8, 4) is 0 Å². The molecule has 2 amide bonds. The largest absolute Gasteiger partial charge is 0.324 e. The van der Waals surface area contributed by atoms with E-state index in [9.17, 15) is 4.79 Å². The van der Waals surface area contributed by atoms with Crippen LogP contribution in [0.3, 0.4) is 0 Å². The number of amides is 2. The van der Waals surface area contributed by atoms with Crippen molar-refractivity contribution in [2.45, 2.75) is 13.0 Å². The average molecular weight is 266 g/mol. The van der Waals surface area contributed by atoms with Crippen molar-refractivity contribution >= 4 is 11.7 Å². The number of hydrogen-bond donors (Lipinski definition) is 0. The fraction of sp³-hybridized carbons (Fsp3) is 0.235. The van der Waals surface area contributed by atoms with Gasteiger partial charge in [0, 0.05) is 20.1 Å². The Balaban J connectivity index is 1.74. The number of anilines is 1. The Kier molecular flexibility index (Phi) is 3.42. The Morgan fingerprint density at radius 2 is 1.70 bits per heavy atom. The molecular weight excluding hydrogens is 248 g/mol. The number of benzene rings is 2. The van der Waals surface area contributed by atoms with Crippen molar-refractivity contribution in [3.63, 3.8) is 0 Å². The van der Waals surface area contributed by atoms with Crippen LogP contribution in [0.2, 0.25) is 0 Å². The number of para-hydroxylation sites is 1. The molecule has 102 valence electrons. The summed E-state index contributed by atoms with van der Waals surface area (Å²) < 4.78 is 0. The van der Waals surface area contributed by atoms with Gasteiger partial charge in [-0.2, -0.15) is 0 Å². The van der Waals surface area contributed by atoms with Gasteiger partial charge in [-0.05, 0) is 23.6 Å². The molecule has 2 aromatic rings. The topological polar surface area (TPSA) is 23.6 Å². The molecular formula is C17H18N2O. The molecule has 20 heavy (non-hydrogen) atoms. The molecule has 1 heterocycles. The van der Waals surface area contributed by atoms with Gasteiger partial charge in [-0.3, -0.25) is 4.90 Å². The average Bonchev–Trinajstić information content (AvgIpc) is 2.50. The van der Waals surface area contributed by atoms with Crippen LogP contribution in [0, 0.1) is 0 Å². The van der Waals surface area contributed by atoms with Gasteiger partial charge >= 0.3 is 6.03 Å². The molecule has 0 aromatic heterocycles. The Bertz CT molecular complexity index is 609. The van der Waals surface area contributed by atoms with E-state index in [4.69, 9.17) is 0 Å². The van der Waals surface area contributed by atoms with Crippen LogP contribution in [0.5, 0.6) is 0 Å². The molecule has 0 radical (unpaired) electrons. The second-order valence-corrected chi connectivity index (χ2v) is 5.13. The van der Waals surface area contributed by atoms with Gasteiger partial charge in [-0.25, -0.2) is 4.79 Å². The minimum atomic E-state index is 0.0830. The van der Waals surface area contributed by atoms with Gasteiger partial charge in [0.2, 0.25) is 0 Å². The Hall–Kier alpha value is -2.29. The Morgan fingerprint density at radius 3 is 2.50 bits per heavy atom. The molecule has 3 heteroatoms. The van der Waals surface area contributed by atoms with E-state index < -0.39 is 0 Å². The molecule has 0 N–H and O–H groups in total. The Morgan fingerprint density at radius 1 is 1.00 bits per heavy atom. The highest BCUT2D eigenvalue weighted by molar-refractivity contribution is 5.94. The second kappa shape index (κ2) is 5.37. The van der Waals surface area contributed by atoms with E-state index in [0.717, 1.165) is 18.7 Å². The normalized spacial score (nSPS) is 14.3. The number of fused-ring (bicyclic) bond motifs is 1. The quantitative estimate of drug-likeness (QED) is 0.836. The lowest BCUT2D eigenvalue weighted by molar-refractivity contribution is 0.200. The van der Waals surface area contributed by atoms with Crippen LogP contribution in [0.4, 0.5) is 10.5 Å². The summed E-state index contributed by atoms with van der Waals surface area (Å²) in [6, 6.07) is 18.5. The summed E-state index contributed by atoms with van der Waals surface area (Å²) in [5, 5.41) is 0. The number of urea groups is 1. The van der Waals surface area contributed by atoms with Gasteiger partial charge < -0.3 is 4.90 Å². The third-order valence-corrected chi connectivity index (χ3v) is 3.78. The summed E-state index contributed by atoms with van der Waals surface area (Å²) >= 11 is 0. The molecule has 0 saturated carbocycles. The summed E-state index contributed by atoms with van der Waals surface area (Å²) in [7, 11) is 1.84. The van der Waals surface area contributed by atoms with Gasteiger partial charge in [-0.15, -0.1) is 0 Å². The molecule has 0 spiro atoms. The van der Waals surface area contributed by atoms with Crippen LogP contribution < -0.4 is 4.90 Å². The predicted molar refractivity (Wildman–Crippen MR) is 80.8 cm³/mol. The van der Waals surface area contributed by atoms with E-state index >= 15 is 0 Å². The first-order valence-corrected chi connectivity index (χ1v) is 6.90. The SMILES string of the molecule is CN1C(=O)N(CCc2ccccc2)Cc2ccccc21. The van der Waals surface area contributed by atoms with E-state index in [2.05, 4.69) is 18.2 Å². The minimum absolute atomic E-state index is 0.0830. The highest BCUT2D eigenvalue weighted by atomic mass is 16.2. The monoisotopic (exact) mass is 266 g/mol. The lowest BCUT2D eigenvalue weighted by Gasteiger charge is -2.35. The van der Waals surface area contributed by atoms with Gasteiger partial charge in [0.05, 0.1) is 5.69 Å². The van der Waals surface area contributed by atoms with Crippen molar-refractivity contribution < 1.29 is 4.79 Å². The molecule has 3 rings (SSSR count). The van der Waals surface area contributed by atoms with Crippen LogP contribution in [-0.4, -0.2) is 24.5 Å². The van der Waals surface area contributed by atoms with Gasteiger partial charge in [0.1, 0.15) is 0 Å². The molecule has 1 aliphatic heterocycles. The molecule has 2 aromatic carbocycles. The molecule has 0 saturated heterocycles. The van der Waals surface area contributed by atoms with E-state index in [0.29, 0.717) is 6.54 Å². The first-order chi connectivity index (χ1) is 9.75. The first kappa shape index (κ1) is 12.7. The third-order valence-electron chi connectivity index (χ3n) is 3.78. The lowest BCUT2D eigenvalue weighted by atomic mass is 10.1. The summed E-state index contributed by atoms with van der Waals surface area (Å²) in [6.07, 6.45) is 0.891. The minimum Gasteiger partial charge on any atom is -0.320 e. The second-order valence-electron chi connectivity index (χ2n) is 5.13. The number of carbonyl (C=O) groups is 1. The summed E-state index contributed by atoms with van der Waals surface area (Å²) in [5.41, 5.74) is 3.50. The van der Waals surface area contributed by atoms with Crippen molar-refractivity contribution in [1.29, 1.82) is 0 Å². The van der Waals surface area contributed by atoms with Gasteiger partial charge in [0.25, 0.3) is 0 Å². The maximum absolute atomic E-state index is 12.4. The standard InChI is InChI=1S/C17H18N2O/c1-18-16-10-6-5-9-15(16)13-19(17(18)20)12-11-14-7-3-2-4-8-14/h2-10H,11-13H2,1H3. The molecule has 0 fully saturated rings. The van der Waals surface area contributed by atoms with Crippen LogP contribution >= 0.6 is 0 Å². The molecule has 0 atom stereocenters. The molecule has 0 aliphatic carbocycles. The summed E-state index contributed by atoms with van der Waals surface area (Å²) in [6.45, 7) is 1.45. The Labute approximate surface area is 119 Å². The fourth-order valence-electron chi connectivity index (χ4n) is 2.64. The van der Waals surface area contributed by atoms with Crippen LogP contribution in [0.25, 0.3) is 0 Å². The maximum atomic E-state index is 12.4. The zero-order chi connectivity index (χ0) is 13.9. The molecule has 1 aliphatic rings. The van der Waals surface area contributed by atoms with Crippen molar-refractivity contribution in [2.75, 3.05) is 18.5 Å². The smallest absolute Gasteiger partial charge is 0.320 e. The van der Waals surface area contributed by atoms with Crippen LogP contribution in [0.15, 0.2) is 54.6 Å². The highest BCUT2D eigenvalue weighted by Gasteiger charge is 2.26. The lowest BCUT2D eigenvalue weighted by Crippen LogP contribution is -2.45. The van der Waals surface area contributed by atoms with E-state index in [1.165, 1.54) is 11.1 Å². The van der Waals surface area contributed by atoms with E-state index in [-0.39, 0.29) is 6.03 Å². The van der Waals surface area contributed by atoms with E-state index in [1.54, 1.807) is 4.90 Å². The van der Waals surface area contributed by atoms with Crippen molar-refractivity contribution in [1.82, 2.24) is 4.90 Å². The number of hydrogen-bond acceptors (Lipinski definition) is 1. The third kappa shape index (κ3) is 2.39. The number of rotatable bonds is 3. The van der Waals surface area contributed by atoms with Gasteiger partial charge in [0.15, 0.2) is 0 Å². The number of carbonyl (C=O) groups excluding carboxylic acids is 1. The van der Waals surface area contributed by atoms with Gasteiger partial charge in [-0.1, -0.05) is 48.5 Å². The fourth-order valence-corrected chi connectivity index (χ4v) is 2.64. The van der Waals surface area contributed by atoms with Crippen LogP contribution in [0.1, 0.15) is 11.1 Å². The van der Waals surface area contributed by atoms with Crippen molar-refractivity contribution in [3.05, 3.63) is 65.7 Å². The maximum Gasteiger partial charge on any atom is 0.324 e. The molecule has 3 nitrogen and oxygen atoms in total. The predicted octanol–water partition coefficient (Wildman–Crippen LogP) is 3.30. The van der Waals surface area contributed by atoms with E-state index in [1.807, 2.05) is 48.3 Å². The highest BCUT2D eigenvalue weighted by Crippen LogP contribution is 2.27. The summed E-state index contributed by atoms with van der Waals surface area (Å²) in [5.74, 6) is 0. The molecule has 0 unspecified atom stereocenters. The first-order valence-electron chi connectivity index (χ1n) is 6.90. The molecule has 0 bridgehead atoms. The zero-order valence-corrected chi connectivity index (χ0v) is 11.6. The van der Waals surface area contributed by atoms with Crippen molar-refractivity contribution in [2.24, 2.45) is 0 Å². The summed E-state index contributed by atoms with van der Waals surface area (Å²) in [4.78, 5) is 16.0. The number of nitrogens with zero attached hydrogens (tertiary/aromatic N) is 2. The van der Waals surface area contributed by atoms with Crippen LogP contribution in [-0.2, 0) is 13.0 Å². The zero-order valence-electron chi connectivity index (χ0n) is 11.6.